The van der Waals surface area contributed by atoms with Crippen LogP contribution in [0.15, 0.2) is 54.7 Å². The van der Waals surface area contributed by atoms with Crippen LogP contribution in [0.25, 0.3) is 0 Å². The Labute approximate surface area is 277 Å². The normalized spacial score (nSPS) is 14.1. The maximum atomic E-state index is 15.5. The molecule has 2 N–H and O–H groups in total. The van der Waals surface area contributed by atoms with E-state index in [1.807, 2.05) is 19.1 Å². The lowest BCUT2D eigenvalue weighted by Gasteiger charge is -2.32. The van der Waals surface area contributed by atoms with Gasteiger partial charge >= 0.3 is 6.09 Å². The van der Waals surface area contributed by atoms with Crippen LogP contribution >= 0.6 is 11.6 Å². The lowest BCUT2D eigenvalue weighted by atomic mass is 9.88. The van der Waals surface area contributed by atoms with E-state index in [4.69, 9.17) is 16.3 Å². The molecule has 5 rings (SSSR count). The van der Waals surface area contributed by atoms with E-state index in [-0.39, 0.29) is 23.1 Å². The molecule has 0 radical (unpaired) electrons. The fourth-order valence-corrected chi connectivity index (χ4v) is 6.44. The predicted molar refractivity (Wildman–Crippen MR) is 176 cm³/mol. The molecule has 0 saturated carbocycles. The van der Waals surface area contributed by atoms with Crippen LogP contribution in [0.5, 0.6) is 5.75 Å². The van der Waals surface area contributed by atoms with Crippen molar-refractivity contribution in [2.75, 3.05) is 36.5 Å². The van der Waals surface area contributed by atoms with E-state index >= 15 is 4.39 Å². The molecule has 0 spiro atoms. The minimum atomic E-state index is -1.49. The van der Waals surface area contributed by atoms with Crippen LogP contribution in [-0.4, -0.2) is 52.3 Å². The summed E-state index contributed by atoms with van der Waals surface area (Å²) in [5, 5.41) is 12.9. The van der Waals surface area contributed by atoms with Gasteiger partial charge in [-0.05, 0) is 100 Å². The van der Waals surface area contributed by atoms with Crippen molar-refractivity contribution >= 4 is 35.1 Å². The summed E-state index contributed by atoms with van der Waals surface area (Å²) >= 11 is 6.33. The number of ether oxygens (including phenoxy) is 1. The second-order valence-electron chi connectivity index (χ2n) is 11.7. The van der Waals surface area contributed by atoms with Crippen molar-refractivity contribution < 1.29 is 27.8 Å². The first-order valence-electron chi connectivity index (χ1n) is 15.5. The van der Waals surface area contributed by atoms with Gasteiger partial charge in [0.15, 0.2) is 11.6 Å². The van der Waals surface area contributed by atoms with Gasteiger partial charge in [0.1, 0.15) is 17.5 Å². The second-order valence-corrected chi connectivity index (χ2v) is 12.1. The number of halogens is 4. The molecule has 3 aromatic carbocycles. The standard InChI is InChI=1S/C35H37ClF3N5O3/c1-21-18-22(2)30(23(3)19-21)33(31-25(37)9-10-26(38)32(31)36)44(35(45)46)29-12-13-40-34(42-29)41-24-8-11-28(27(39)20-24)47-17-7-16-43-14-5-4-6-15-43/h8-13,18-20,33H,4-7,14-17H2,1-3H3,(H,45,46)(H,40,41,42). The van der Waals surface area contributed by atoms with Gasteiger partial charge in [-0.3, -0.25) is 0 Å². The fourth-order valence-electron chi connectivity index (χ4n) is 6.18. The molecule has 4 aromatic rings. The van der Waals surface area contributed by atoms with Crippen molar-refractivity contribution in [3.05, 3.63) is 105 Å². The van der Waals surface area contributed by atoms with E-state index in [1.54, 1.807) is 19.9 Å². The van der Waals surface area contributed by atoms with E-state index in [2.05, 4.69) is 20.2 Å². The van der Waals surface area contributed by atoms with Crippen molar-refractivity contribution in [2.24, 2.45) is 0 Å². The smallest absolute Gasteiger partial charge is 0.413 e. The number of piperidine rings is 1. The number of aromatic nitrogens is 2. The number of hydrogen-bond acceptors (Lipinski definition) is 6. The third kappa shape index (κ3) is 7.97. The van der Waals surface area contributed by atoms with E-state index in [0.29, 0.717) is 29.0 Å². The molecule has 1 aliphatic rings. The lowest BCUT2D eigenvalue weighted by molar-refractivity contribution is 0.199. The van der Waals surface area contributed by atoms with Gasteiger partial charge in [0.2, 0.25) is 5.95 Å². The fraction of sp³-hybridized carbons (Fsp3) is 0.343. The number of hydrogen-bond donors (Lipinski definition) is 2. The molecule has 0 bridgehead atoms. The molecule has 1 aliphatic heterocycles. The van der Waals surface area contributed by atoms with Crippen LogP contribution in [0, 0.1) is 38.2 Å². The van der Waals surface area contributed by atoms with Crippen molar-refractivity contribution in [3.8, 4) is 5.75 Å². The topological polar surface area (TPSA) is 90.8 Å². The van der Waals surface area contributed by atoms with E-state index in [9.17, 15) is 18.7 Å². The van der Waals surface area contributed by atoms with Crippen LogP contribution in [0.3, 0.4) is 0 Å². The molecule has 1 unspecified atom stereocenters. The monoisotopic (exact) mass is 667 g/mol. The summed E-state index contributed by atoms with van der Waals surface area (Å²) in [5.41, 5.74) is 2.57. The first kappa shape index (κ1) is 34.0. The molecule has 1 fully saturated rings. The van der Waals surface area contributed by atoms with E-state index < -0.39 is 34.6 Å². The van der Waals surface area contributed by atoms with Gasteiger partial charge in [0, 0.05) is 30.1 Å². The molecule has 8 nitrogen and oxygen atoms in total. The summed E-state index contributed by atoms with van der Waals surface area (Å²) in [7, 11) is 0. The first-order valence-corrected chi connectivity index (χ1v) is 15.9. The maximum absolute atomic E-state index is 15.5. The highest BCUT2D eigenvalue weighted by Gasteiger charge is 2.36. The quantitative estimate of drug-likeness (QED) is 0.122. The Hall–Kier alpha value is -4.35. The zero-order chi connectivity index (χ0) is 33.7. The number of nitrogens with zero attached hydrogens (tertiary/aromatic N) is 4. The summed E-state index contributed by atoms with van der Waals surface area (Å²) in [5.74, 6) is -2.45. The van der Waals surface area contributed by atoms with Gasteiger partial charge in [0.25, 0.3) is 0 Å². The lowest BCUT2D eigenvalue weighted by Crippen LogP contribution is -2.37. The number of benzene rings is 3. The third-order valence-electron chi connectivity index (χ3n) is 8.23. The minimum absolute atomic E-state index is 0.0507. The van der Waals surface area contributed by atoms with Crippen LogP contribution < -0.4 is 15.0 Å². The number of amides is 1. The maximum Gasteiger partial charge on any atom is 0.413 e. The highest BCUT2D eigenvalue weighted by Crippen LogP contribution is 2.41. The van der Waals surface area contributed by atoms with Crippen LogP contribution in [-0.2, 0) is 0 Å². The minimum Gasteiger partial charge on any atom is -0.490 e. The highest BCUT2D eigenvalue weighted by atomic mass is 35.5. The molecule has 2 heterocycles. The van der Waals surface area contributed by atoms with Gasteiger partial charge in [-0.25, -0.2) is 27.8 Å². The SMILES string of the molecule is Cc1cc(C)c(C(c2c(F)ccc(F)c2Cl)N(C(=O)O)c2ccnc(Nc3ccc(OCCCN4CCCCC4)c(F)c3)n2)c(C)c1. The van der Waals surface area contributed by atoms with Crippen molar-refractivity contribution in [2.45, 2.75) is 52.5 Å². The van der Waals surface area contributed by atoms with Gasteiger partial charge in [-0.2, -0.15) is 4.98 Å². The number of nitrogens with one attached hydrogen (secondary N) is 1. The van der Waals surface area contributed by atoms with Gasteiger partial charge in [-0.15, -0.1) is 0 Å². The number of carbonyl (C=O) groups is 1. The molecule has 1 aromatic heterocycles. The second kappa shape index (κ2) is 15.0. The third-order valence-corrected chi connectivity index (χ3v) is 8.61. The summed E-state index contributed by atoms with van der Waals surface area (Å²) in [6.45, 7) is 8.86. The van der Waals surface area contributed by atoms with E-state index in [0.717, 1.165) is 48.7 Å². The van der Waals surface area contributed by atoms with Crippen molar-refractivity contribution in [1.82, 2.24) is 14.9 Å². The Kier molecular flexibility index (Phi) is 10.9. The van der Waals surface area contributed by atoms with Gasteiger partial charge < -0.3 is 20.1 Å². The van der Waals surface area contributed by atoms with Crippen molar-refractivity contribution in [1.29, 1.82) is 0 Å². The first-order chi connectivity index (χ1) is 22.5. The predicted octanol–water partition coefficient (Wildman–Crippen LogP) is 8.74. The Balaban J connectivity index is 1.42. The van der Waals surface area contributed by atoms with Gasteiger partial charge in [0.05, 0.1) is 17.7 Å². The molecule has 0 aliphatic carbocycles. The molecule has 47 heavy (non-hydrogen) atoms. The zero-order valence-electron chi connectivity index (χ0n) is 26.5. The Morgan fingerprint density at radius 2 is 1.68 bits per heavy atom. The molecule has 248 valence electrons. The molecule has 1 atom stereocenters. The zero-order valence-corrected chi connectivity index (χ0v) is 27.3. The summed E-state index contributed by atoms with van der Waals surface area (Å²) < 4.78 is 50.9. The number of anilines is 3. The number of likely N-dealkylation sites (tertiary alicyclic amines) is 1. The molecule has 1 amide bonds. The summed E-state index contributed by atoms with van der Waals surface area (Å²) in [6, 6.07) is 9.68. The van der Waals surface area contributed by atoms with Crippen LogP contribution in [0.1, 0.15) is 59.5 Å². The average molecular weight is 668 g/mol. The molecule has 1 saturated heterocycles. The summed E-state index contributed by atoms with van der Waals surface area (Å²) in [6.07, 6.45) is 4.28. The number of aryl methyl sites for hydroxylation is 3. The van der Waals surface area contributed by atoms with Crippen molar-refractivity contribution in [3.63, 3.8) is 0 Å². The molecular weight excluding hydrogens is 631 g/mol. The largest absolute Gasteiger partial charge is 0.490 e. The Bertz CT molecular complexity index is 1730. The average Bonchev–Trinajstić information content (AvgIpc) is 3.02. The number of carboxylic acid groups (broad SMARTS) is 1. The van der Waals surface area contributed by atoms with E-state index in [1.165, 1.54) is 43.7 Å². The van der Waals surface area contributed by atoms with Gasteiger partial charge in [-0.1, -0.05) is 35.7 Å². The van der Waals surface area contributed by atoms with Crippen LogP contribution in [0.4, 0.5) is 35.4 Å². The Morgan fingerprint density at radius 1 is 0.979 bits per heavy atom. The Morgan fingerprint density at radius 3 is 2.36 bits per heavy atom. The van der Waals surface area contributed by atoms with Crippen LogP contribution in [0.2, 0.25) is 5.02 Å². The summed E-state index contributed by atoms with van der Waals surface area (Å²) in [4.78, 5) is 24.7. The molecule has 12 heteroatoms. The highest BCUT2D eigenvalue weighted by molar-refractivity contribution is 6.31. The molecular formula is C35H37ClF3N5O3. The number of rotatable bonds is 11.